The molecule has 0 amide bonds. The van der Waals surface area contributed by atoms with Gasteiger partial charge >= 0.3 is 0 Å². The predicted molar refractivity (Wildman–Crippen MR) is 131 cm³/mol. The Morgan fingerprint density at radius 2 is 2.03 bits per heavy atom. The maximum atomic E-state index is 12.9. The van der Waals surface area contributed by atoms with Gasteiger partial charge in [-0.3, -0.25) is 9.79 Å². The normalized spacial score (nSPS) is 16.1. The Kier molecular flexibility index (Phi) is 6.77. The van der Waals surface area contributed by atoms with Crippen LogP contribution in [0.25, 0.3) is 11.0 Å². The molecule has 0 atom stereocenters. The Morgan fingerprint density at radius 1 is 1.26 bits per heavy atom. The molecular formula is C23H26N6O4S. The topological polar surface area (TPSA) is 143 Å². The van der Waals surface area contributed by atoms with Crippen LogP contribution in [0.15, 0.2) is 64.3 Å². The summed E-state index contributed by atoms with van der Waals surface area (Å²) in [5, 5.41) is 3.78. The molecule has 0 unspecified atom stereocenters. The molecule has 0 bridgehead atoms. The number of ketones is 1. The van der Waals surface area contributed by atoms with E-state index in [1.165, 1.54) is 17.4 Å². The van der Waals surface area contributed by atoms with Gasteiger partial charge in [0.15, 0.2) is 0 Å². The molecule has 34 heavy (non-hydrogen) atoms. The lowest BCUT2D eigenvalue weighted by molar-refractivity contribution is 0.0730. The molecule has 0 aliphatic carbocycles. The van der Waals surface area contributed by atoms with Gasteiger partial charge in [-0.25, -0.2) is 13.4 Å². The minimum Gasteiger partial charge on any atom is -0.402 e. The van der Waals surface area contributed by atoms with Crippen molar-refractivity contribution in [3.05, 3.63) is 59.9 Å². The van der Waals surface area contributed by atoms with E-state index < -0.39 is 10.0 Å². The molecule has 1 aromatic carbocycles. The zero-order chi connectivity index (χ0) is 24.3. The van der Waals surface area contributed by atoms with Crippen molar-refractivity contribution < 1.29 is 17.9 Å². The van der Waals surface area contributed by atoms with Crippen LogP contribution in [0.3, 0.4) is 0 Å². The molecule has 4 rings (SSSR count). The molecule has 0 spiro atoms. The number of ether oxygens (including phenoxy) is 1. The monoisotopic (exact) mass is 482 g/mol. The largest absolute Gasteiger partial charge is 0.402 e. The fourth-order valence-electron chi connectivity index (χ4n) is 3.67. The zero-order valence-electron chi connectivity index (χ0n) is 18.9. The second kappa shape index (κ2) is 9.75. The first kappa shape index (κ1) is 23.6. The summed E-state index contributed by atoms with van der Waals surface area (Å²) in [5.74, 6) is 0.235. The van der Waals surface area contributed by atoms with Crippen molar-refractivity contribution in [2.45, 2.75) is 11.8 Å². The summed E-state index contributed by atoms with van der Waals surface area (Å²) < 4.78 is 32.6. The van der Waals surface area contributed by atoms with Crippen LogP contribution < -0.4 is 11.1 Å². The van der Waals surface area contributed by atoms with Gasteiger partial charge in [-0.15, -0.1) is 0 Å². The van der Waals surface area contributed by atoms with E-state index in [2.05, 4.69) is 20.3 Å². The minimum absolute atomic E-state index is 0.197. The SMILES string of the molecule is CN=C(/C=C(/C)N)C(=O)c1c[nH]c2nc(Nc3cccc(S(=O)(=O)N4CCOCC4)c3)ccc12. The maximum absolute atomic E-state index is 12.9. The van der Waals surface area contributed by atoms with E-state index in [4.69, 9.17) is 10.5 Å². The number of sulfonamides is 1. The Hall–Kier alpha value is -3.54. The molecule has 10 nitrogen and oxygen atoms in total. The number of allylic oxidation sites excluding steroid dienone is 2. The number of carbonyl (C=O) groups excluding carboxylic acids is 1. The van der Waals surface area contributed by atoms with Crippen LogP contribution in [-0.2, 0) is 14.8 Å². The zero-order valence-corrected chi connectivity index (χ0v) is 19.7. The van der Waals surface area contributed by atoms with Crippen molar-refractivity contribution in [3.8, 4) is 0 Å². The van der Waals surface area contributed by atoms with Crippen LogP contribution in [0, 0.1) is 0 Å². The number of anilines is 2. The van der Waals surface area contributed by atoms with Crippen LogP contribution in [0.5, 0.6) is 0 Å². The lowest BCUT2D eigenvalue weighted by Gasteiger charge is -2.26. The number of rotatable bonds is 7. The third-order valence-corrected chi connectivity index (χ3v) is 7.23. The predicted octanol–water partition coefficient (Wildman–Crippen LogP) is 2.44. The third kappa shape index (κ3) is 4.86. The number of hydrogen-bond donors (Lipinski definition) is 3. The van der Waals surface area contributed by atoms with Gasteiger partial charge in [0.1, 0.15) is 17.2 Å². The van der Waals surface area contributed by atoms with E-state index in [1.54, 1.807) is 49.5 Å². The number of benzene rings is 1. The molecule has 1 saturated heterocycles. The number of carbonyl (C=O) groups is 1. The number of aromatic nitrogens is 2. The van der Waals surface area contributed by atoms with E-state index >= 15 is 0 Å². The molecule has 4 N–H and O–H groups in total. The van der Waals surface area contributed by atoms with E-state index in [0.29, 0.717) is 60.1 Å². The third-order valence-electron chi connectivity index (χ3n) is 5.34. The lowest BCUT2D eigenvalue weighted by atomic mass is 10.1. The molecule has 3 aromatic rings. The van der Waals surface area contributed by atoms with Crippen LogP contribution in [-0.4, -0.2) is 67.5 Å². The number of hydrogen-bond acceptors (Lipinski definition) is 8. The standard InChI is InChI=1S/C23H26N6O4S/c1-15(24)12-20(25-2)22(30)19-14-26-23-18(19)6-7-21(28-23)27-16-4-3-5-17(13-16)34(31,32)29-8-10-33-11-9-29/h3-7,12-14H,8-11,24H2,1-2H3,(H2,26,27,28)/b15-12-,25-20?. The highest BCUT2D eigenvalue weighted by Gasteiger charge is 2.26. The molecule has 1 aliphatic rings. The number of aromatic amines is 1. The van der Waals surface area contributed by atoms with Crippen molar-refractivity contribution in [2.75, 3.05) is 38.7 Å². The second-order valence-corrected chi connectivity index (χ2v) is 9.73. The average molecular weight is 483 g/mol. The molecule has 178 valence electrons. The summed E-state index contributed by atoms with van der Waals surface area (Å²) in [6.45, 7) is 3.12. The maximum Gasteiger partial charge on any atom is 0.243 e. The van der Waals surface area contributed by atoms with Crippen molar-refractivity contribution in [3.63, 3.8) is 0 Å². The van der Waals surface area contributed by atoms with Gasteiger partial charge in [-0.1, -0.05) is 6.07 Å². The average Bonchev–Trinajstić information content (AvgIpc) is 3.26. The molecule has 2 aromatic heterocycles. The van der Waals surface area contributed by atoms with Crippen molar-refractivity contribution in [2.24, 2.45) is 10.7 Å². The number of morpholine rings is 1. The molecule has 1 aliphatic heterocycles. The number of fused-ring (bicyclic) bond motifs is 1. The number of nitrogens with zero attached hydrogens (tertiary/aromatic N) is 3. The summed E-state index contributed by atoms with van der Waals surface area (Å²) in [5.41, 5.74) is 7.95. The fraction of sp³-hybridized carbons (Fsp3) is 0.261. The van der Waals surface area contributed by atoms with E-state index in [-0.39, 0.29) is 16.4 Å². The summed E-state index contributed by atoms with van der Waals surface area (Å²) in [6, 6.07) is 10.1. The number of Topliss-reactive ketones (excluding diaryl/α,β-unsaturated/α-hetero) is 1. The Labute approximate surface area is 197 Å². The first-order chi connectivity index (χ1) is 16.3. The molecule has 11 heteroatoms. The number of nitrogens with one attached hydrogen (secondary N) is 2. The van der Waals surface area contributed by atoms with Crippen LogP contribution in [0.4, 0.5) is 11.5 Å². The molecule has 1 fully saturated rings. The Bertz CT molecular complexity index is 1380. The number of pyridine rings is 1. The van der Waals surface area contributed by atoms with E-state index in [9.17, 15) is 13.2 Å². The first-order valence-electron chi connectivity index (χ1n) is 10.7. The van der Waals surface area contributed by atoms with Gasteiger partial charge in [-0.2, -0.15) is 4.31 Å². The van der Waals surface area contributed by atoms with Gasteiger partial charge in [0.05, 0.1) is 23.7 Å². The number of nitrogens with two attached hydrogens (primary N) is 1. The van der Waals surface area contributed by atoms with Crippen LogP contribution in [0.1, 0.15) is 17.3 Å². The van der Waals surface area contributed by atoms with Crippen LogP contribution >= 0.6 is 0 Å². The van der Waals surface area contributed by atoms with E-state index in [1.807, 2.05) is 0 Å². The number of aliphatic imine (C=N–C) groups is 1. The fourth-order valence-corrected chi connectivity index (χ4v) is 5.12. The van der Waals surface area contributed by atoms with E-state index in [0.717, 1.165) is 0 Å². The van der Waals surface area contributed by atoms with Gasteiger partial charge in [0.2, 0.25) is 15.8 Å². The highest BCUT2D eigenvalue weighted by molar-refractivity contribution is 7.89. The summed E-state index contributed by atoms with van der Waals surface area (Å²) in [4.78, 5) is 24.6. The summed E-state index contributed by atoms with van der Waals surface area (Å²) >= 11 is 0. The smallest absolute Gasteiger partial charge is 0.243 e. The quantitative estimate of drug-likeness (QED) is 0.347. The summed E-state index contributed by atoms with van der Waals surface area (Å²) in [6.07, 6.45) is 3.12. The van der Waals surface area contributed by atoms with Crippen molar-refractivity contribution in [1.82, 2.24) is 14.3 Å². The summed E-state index contributed by atoms with van der Waals surface area (Å²) in [7, 11) is -2.08. The Morgan fingerprint density at radius 3 is 2.74 bits per heavy atom. The number of H-pyrrole nitrogens is 1. The lowest BCUT2D eigenvalue weighted by Crippen LogP contribution is -2.40. The van der Waals surface area contributed by atoms with Gasteiger partial charge in [0, 0.05) is 43.1 Å². The second-order valence-electron chi connectivity index (χ2n) is 7.79. The highest BCUT2D eigenvalue weighted by Crippen LogP contribution is 2.25. The van der Waals surface area contributed by atoms with Gasteiger partial charge in [-0.05, 0) is 43.3 Å². The van der Waals surface area contributed by atoms with Gasteiger partial charge < -0.3 is 20.8 Å². The Balaban J connectivity index is 1.58. The molecule has 0 radical (unpaired) electrons. The van der Waals surface area contributed by atoms with Gasteiger partial charge in [0.25, 0.3) is 0 Å². The van der Waals surface area contributed by atoms with Crippen molar-refractivity contribution >= 4 is 44.1 Å². The first-order valence-corrected chi connectivity index (χ1v) is 12.1. The van der Waals surface area contributed by atoms with Crippen molar-refractivity contribution in [1.29, 1.82) is 0 Å². The molecule has 3 heterocycles. The molecule has 0 saturated carbocycles. The van der Waals surface area contributed by atoms with Crippen LogP contribution in [0.2, 0.25) is 0 Å². The molecular weight excluding hydrogens is 456 g/mol. The highest BCUT2D eigenvalue weighted by atomic mass is 32.2. The minimum atomic E-state index is -3.61.